The Morgan fingerprint density at radius 1 is 0.808 bits per heavy atom. The highest BCUT2D eigenvalue weighted by molar-refractivity contribution is 6.03. The molecule has 0 N–H and O–H groups in total. The van der Waals surface area contributed by atoms with E-state index in [1.54, 1.807) is 24.3 Å². The van der Waals surface area contributed by atoms with Crippen LogP contribution in [0.2, 0.25) is 0 Å². The molecule has 1 heterocycles. The molecule has 0 saturated heterocycles. The van der Waals surface area contributed by atoms with Gasteiger partial charge in [0.25, 0.3) is 0 Å². The van der Waals surface area contributed by atoms with Crippen LogP contribution < -0.4 is 0 Å². The summed E-state index contributed by atoms with van der Waals surface area (Å²) in [7, 11) is 0. The molecule has 0 aliphatic carbocycles. The van der Waals surface area contributed by atoms with E-state index in [0.717, 1.165) is 11.4 Å². The first kappa shape index (κ1) is 17.7. The van der Waals surface area contributed by atoms with Gasteiger partial charge in [0.1, 0.15) is 0 Å². The molecule has 3 nitrogen and oxygen atoms in total. The molecular formula is C23H21NO2. The zero-order valence-electron chi connectivity index (χ0n) is 14.8. The van der Waals surface area contributed by atoms with Crippen molar-refractivity contribution in [2.24, 2.45) is 5.92 Å². The van der Waals surface area contributed by atoms with Crippen molar-refractivity contribution in [1.82, 2.24) is 4.98 Å². The molecule has 130 valence electrons. The first-order valence-electron chi connectivity index (χ1n) is 8.73. The van der Waals surface area contributed by atoms with E-state index in [1.165, 1.54) is 0 Å². The van der Waals surface area contributed by atoms with Crippen molar-refractivity contribution >= 4 is 11.6 Å². The summed E-state index contributed by atoms with van der Waals surface area (Å²) in [6.45, 7) is 1.92. The van der Waals surface area contributed by atoms with Crippen LogP contribution in [0.5, 0.6) is 0 Å². The molecule has 1 aromatic heterocycles. The standard InChI is InChI=1S/C23H21NO2/c1-17-9-8-14-21(24-17)15-20(23(26)19-12-6-3-7-13-19)16-22(25)18-10-4-2-5-11-18/h2-14,20H,15-16H2,1H3. The number of ketones is 2. The number of benzene rings is 2. The molecule has 26 heavy (non-hydrogen) atoms. The molecule has 0 amide bonds. The number of hydrogen-bond acceptors (Lipinski definition) is 3. The zero-order chi connectivity index (χ0) is 18.4. The van der Waals surface area contributed by atoms with Crippen LogP contribution in [0, 0.1) is 12.8 Å². The van der Waals surface area contributed by atoms with Crippen molar-refractivity contribution in [1.29, 1.82) is 0 Å². The van der Waals surface area contributed by atoms with Gasteiger partial charge in [-0.05, 0) is 19.1 Å². The fraction of sp³-hybridized carbons (Fsp3) is 0.174. The molecule has 1 unspecified atom stereocenters. The molecule has 0 spiro atoms. The maximum atomic E-state index is 13.0. The van der Waals surface area contributed by atoms with Crippen molar-refractivity contribution in [2.75, 3.05) is 0 Å². The summed E-state index contributed by atoms with van der Waals surface area (Å²) in [5.41, 5.74) is 3.00. The van der Waals surface area contributed by atoms with Gasteiger partial charge in [-0.2, -0.15) is 0 Å². The second-order valence-corrected chi connectivity index (χ2v) is 6.39. The molecule has 3 heteroatoms. The largest absolute Gasteiger partial charge is 0.294 e. The number of aromatic nitrogens is 1. The maximum Gasteiger partial charge on any atom is 0.166 e. The van der Waals surface area contributed by atoms with Crippen molar-refractivity contribution in [3.8, 4) is 0 Å². The minimum Gasteiger partial charge on any atom is -0.294 e. The second kappa shape index (κ2) is 8.34. The van der Waals surface area contributed by atoms with Gasteiger partial charge in [-0.1, -0.05) is 66.7 Å². The number of nitrogens with zero attached hydrogens (tertiary/aromatic N) is 1. The third-order valence-corrected chi connectivity index (χ3v) is 4.36. The van der Waals surface area contributed by atoms with E-state index < -0.39 is 5.92 Å². The Kier molecular flexibility index (Phi) is 5.69. The van der Waals surface area contributed by atoms with Gasteiger partial charge in [-0.3, -0.25) is 14.6 Å². The van der Waals surface area contributed by atoms with Gasteiger partial charge in [0.15, 0.2) is 11.6 Å². The molecule has 0 bridgehead atoms. The highest BCUT2D eigenvalue weighted by atomic mass is 16.1. The van der Waals surface area contributed by atoms with Crippen molar-refractivity contribution in [2.45, 2.75) is 19.8 Å². The number of carbonyl (C=O) groups excluding carboxylic acids is 2. The van der Waals surface area contributed by atoms with Crippen LogP contribution in [0.15, 0.2) is 78.9 Å². The SMILES string of the molecule is Cc1cccc(CC(CC(=O)c2ccccc2)C(=O)c2ccccc2)n1. The first-order valence-corrected chi connectivity index (χ1v) is 8.73. The lowest BCUT2D eigenvalue weighted by Gasteiger charge is -2.15. The number of pyridine rings is 1. The normalized spacial score (nSPS) is 11.7. The Labute approximate surface area is 153 Å². The molecular weight excluding hydrogens is 322 g/mol. The predicted octanol–water partition coefficient (Wildman–Crippen LogP) is 4.70. The third kappa shape index (κ3) is 4.51. The van der Waals surface area contributed by atoms with Crippen LogP contribution in [0.1, 0.15) is 38.5 Å². The van der Waals surface area contributed by atoms with Gasteiger partial charge in [-0.25, -0.2) is 0 Å². The Balaban J connectivity index is 1.85. The van der Waals surface area contributed by atoms with E-state index in [4.69, 9.17) is 0 Å². The fourth-order valence-electron chi connectivity index (χ4n) is 3.03. The number of Topliss-reactive ketones (excluding diaryl/α,β-unsaturated/α-hetero) is 2. The highest BCUT2D eigenvalue weighted by Crippen LogP contribution is 2.20. The number of aryl methyl sites for hydroxylation is 1. The van der Waals surface area contributed by atoms with Gasteiger partial charge < -0.3 is 0 Å². The molecule has 2 aromatic carbocycles. The lowest BCUT2D eigenvalue weighted by atomic mass is 9.87. The molecule has 0 aliphatic heterocycles. The Bertz CT molecular complexity index is 888. The minimum absolute atomic E-state index is 0.0156. The van der Waals surface area contributed by atoms with Crippen LogP contribution in [0.25, 0.3) is 0 Å². The van der Waals surface area contributed by atoms with Gasteiger partial charge >= 0.3 is 0 Å². The average Bonchev–Trinajstić information content (AvgIpc) is 2.68. The Morgan fingerprint density at radius 2 is 1.42 bits per heavy atom. The molecule has 1 atom stereocenters. The number of carbonyl (C=O) groups is 2. The topological polar surface area (TPSA) is 47.0 Å². The van der Waals surface area contributed by atoms with Crippen LogP contribution in [-0.2, 0) is 6.42 Å². The average molecular weight is 343 g/mol. The summed E-state index contributed by atoms with van der Waals surface area (Å²) in [6, 6.07) is 24.0. The summed E-state index contributed by atoms with van der Waals surface area (Å²) in [6.07, 6.45) is 0.626. The van der Waals surface area contributed by atoms with Gasteiger partial charge in [0, 0.05) is 41.3 Å². The van der Waals surface area contributed by atoms with E-state index in [0.29, 0.717) is 17.5 Å². The second-order valence-electron chi connectivity index (χ2n) is 6.39. The smallest absolute Gasteiger partial charge is 0.166 e. The van der Waals surface area contributed by atoms with Gasteiger partial charge in [-0.15, -0.1) is 0 Å². The van der Waals surface area contributed by atoms with Crippen LogP contribution in [0.3, 0.4) is 0 Å². The van der Waals surface area contributed by atoms with Crippen LogP contribution >= 0.6 is 0 Å². The highest BCUT2D eigenvalue weighted by Gasteiger charge is 2.24. The van der Waals surface area contributed by atoms with E-state index in [9.17, 15) is 9.59 Å². The van der Waals surface area contributed by atoms with E-state index >= 15 is 0 Å². The first-order chi connectivity index (χ1) is 12.6. The molecule has 0 aliphatic rings. The quantitative estimate of drug-likeness (QED) is 0.584. The summed E-state index contributed by atoms with van der Waals surface area (Å²) in [5, 5.41) is 0. The number of rotatable bonds is 7. The molecule has 0 saturated carbocycles. The number of hydrogen-bond donors (Lipinski definition) is 0. The molecule has 3 aromatic rings. The van der Waals surface area contributed by atoms with E-state index in [-0.39, 0.29) is 18.0 Å². The van der Waals surface area contributed by atoms with Crippen molar-refractivity contribution in [3.63, 3.8) is 0 Å². The van der Waals surface area contributed by atoms with E-state index in [2.05, 4.69) is 4.98 Å². The Hall–Kier alpha value is -3.07. The van der Waals surface area contributed by atoms with E-state index in [1.807, 2.05) is 61.5 Å². The van der Waals surface area contributed by atoms with Crippen LogP contribution in [-0.4, -0.2) is 16.6 Å². The van der Waals surface area contributed by atoms with Gasteiger partial charge in [0.2, 0.25) is 0 Å². The molecule has 0 fully saturated rings. The van der Waals surface area contributed by atoms with Crippen LogP contribution in [0.4, 0.5) is 0 Å². The minimum atomic E-state index is -0.431. The fourth-order valence-corrected chi connectivity index (χ4v) is 3.03. The summed E-state index contributed by atoms with van der Waals surface area (Å²) in [5.74, 6) is -0.467. The van der Waals surface area contributed by atoms with Crippen molar-refractivity contribution < 1.29 is 9.59 Å². The molecule has 3 rings (SSSR count). The summed E-state index contributed by atoms with van der Waals surface area (Å²) < 4.78 is 0. The van der Waals surface area contributed by atoms with Gasteiger partial charge in [0.05, 0.1) is 0 Å². The monoisotopic (exact) mass is 343 g/mol. The predicted molar refractivity (Wildman–Crippen MR) is 102 cm³/mol. The molecule has 0 radical (unpaired) electrons. The zero-order valence-corrected chi connectivity index (χ0v) is 14.8. The summed E-state index contributed by atoms with van der Waals surface area (Å²) in [4.78, 5) is 30.2. The maximum absolute atomic E-state index is 13.0. The Morgan fingerprint density at radius 3 is 2.04 bits per heavy atom. The van der Waals surface area contributed by atoms with Crippen molar-refractivity contribution in [3.05, 3.63) is 101 Å². The lowest BCUT2D eigenvalue weighted by molar-refractivity contribution is 0.0851. The summed E-state index contributed by atoms with van der Waals surface area (Å²) >= 11 is 0. The lowest BCUT2D eigenvalue weighted by Crippen LogP contribution is -2.22. The third-order valence-electron chi connectivity index (χ3n) is 4.36.